The number of aryl methyl sites for hydroxylation is 1. The predicted octanol–water partition coefficient (Wildman–Crippen LogP) is 5.09. The van der Waals surface area contributed by atoms with Crippen molar-refractivity contribution >= 4 is 41.0 Å². The van der Waals surface area contributed by atoms with Crippen molar-refractivity contribution in [2.45, 2.75) is 31.3 Å². The summed E-state index contributed by atoms with van der Waals surface area (Å²) in [6, 6.07) is 18.5. The highest BCUT2D eigenvalue weighted by Gasteiger charge is 2.41. The van der Waals surface area contributed by atoms with E-state index < -0.39 is 0 Å². The number of anilines is 2. The number of nitrogens with zero attached hydrogens (tertiary/aromatic N) is 3. The summed E-state index contributed by atoms with van der Waals surface area (Å²) in [5.74, 6) is 0.914. The summed E-state index contributed by atoms with van der Waals surface area (Å²) in [4.78, 5) is 22.2. The summed E-state index contributed by atoms with van der Waals surface area (Å²) >= 11 is 7.46. The molecule has 0 spiro atoms. The largest absolute Gasteiger partial charge is 0.370 e. The monoisotopic (exact) mass is 464 g/mol. The van der Waals surface area contributed by atoms with E-state index in [-0.39, 0.29) is 17.9 Å². The van der Waals surface area contributed by atoms with Crippen LogP contribution in [-0.4, -0.2) is 30.0 Å². The molecular formula is C25H25ClN4OS. The molecule has 0 unspecified atom stereocenters. The smallest absolute Gasteiger partial charge is 0.235 e. The first-order chi connectivity index (χ1) is 15.5. The summed E-state index contributed by atoms with van der Waals surface area (Å²) in [5, 5.41) is 7.30. The molecule has 2 N–H and O–H groups in total. The van der Waals surface area contributed by atoms with Crippen LogP contribution in [-0.2, 0) is 11.2 Å². The molecule has 2 aromatic carbocycles. The van der Waals surface area contributed by atoms with Gasteiger partial charge in [0.05, 0.1) is 5.92 Å². The van der Waals surface area contributed by atoms with E-state index in [1.54, 1.807) is 0 Å². The van der Waals surface area contributed by atoms with Gasteiger partial charge in [-0.3, -0.25) is 14.8 Å². The van der Waals surface area contributed by atoms with Gasteiger partial charge < -0.3 is 4.90 Å². The number of benzene rings is 2. The first-order valence-electron chi connectivity index (χ1n) is 10.8. The predicted molar refractivity (Wildman–Crippen MR) is 132 cm³/mol. The van der Waals surface area contributed by atoms with Crippen molar-refractivity contribution in [3.05, 3.63) is 70.7 Å². The minimum atomic E-state index is -0.0243. The molecule has 0 aliphatic carbocycles. The summed E-state index contributed by atoms with van der Waals surface area (Å²) in [6.07, 6.45) is 0.838. The van der Waals surface area contributed by atoms with Gasteiger partial charge in [0.2, 0.25) is 5.91 Å². The number of hydrogen-bond donors (Lipinski definition) is 1. The molecule has 1 fully saturated rings. The summed E-state index contributed by atoms with van der Waals surface area (Å²) in [7, 11) is 0. The van der Waals surface area contributed by atoms with Gasteiger partial charge in [-0.05, 0) is 73.2 Å². The van der Waals surface area contributed by atoms with Crippen LogP contribution >= 0.6 is 23.5 Å². The Labute approximate surface area is 197 Å². The van der Waals surface area contributed by atoms with Crippen molar-refractivity contribution < 1.29 is 4.79 Å². The molecule has 3 heterocycles. The van der Waals surface area contributed by atoms with Gasteiger partial charge in [0.15, 0.2) is 0 Å². The molecular weight excluding hydrogens is 440 g/mol. The second-order valence-corrected chi connectivity index (χ2v) is 9.63. The van der Waals surface area contributed by atoms with E-state index in [4.69, 9.17) is 21.7 Å². The average molecular weight is 465 g/mol. The molecule has 0 radical (unpaired) electrons. The number of aromatic nitrogens is 1. The first-order valence-corrected chi connectivity index (χ1v) is 12.0. The number of hydrogen-bond acceptors (Lipinski definition) is 5. The quantitative estimate of drug-likeness (QED) is 0.545. The number of nitrogens with two attached hydrogens (primary N) is 1. The molecule has 1 aromatic heterocycles. The SMILES string of the molecule is Cc1cc2c(nc1SN)N(C(=O)C1CN(c3ccc(-c4ccccc4Cl)cc3)C1)[C@@H](C)C2. The maximum atomic E-state index is 13.3. The van der Waals surface area contributed by atoms with Gasteiger partial charge in [-0.2, -0.15) is 0 Å². The maximum Gasteiger partial charge on any atom is 0.235 e. The fraction of sp³-hybridized carbons (Fsp3) is 0.280. The van der Waals surface area contributed by atoms with E-state index in [0.29, 0.717) is 13.1 Å². The zero-order chi connectivity index (χ0) is 22.4. The van der Waals surface area contributed by atoms with E-state index in [2.05, 4.69) is 42.2 Å². The van der Waals surface area contributed by atoms with E-state index in [0.717, 1.165) is 62.2 Å². The molecule has 0 bridgehead atoms. The first kappa shape index (κ1) is 21.3. The van der Waals surface area contributed by atoms with E-state index >= 15 is 0 Å². The lowest BCUT2D eigenvalue weighted by Crippen LogP contribution is -2.55. The second-order valence-electron chi connectivity index (χ2n) is 8.60. The lowest BCUT2D eigenvalue weighted by Gasteiger charge is -2.42. The van der Waals surface area contributed by atoms with Gasteiger partial charge in [-0.15, -0.1) is 0 Å². The summed E-state index contributed by atoms with van der Waals surface area (Å²) in [6.45, 7) is 5.53. The molecule has 0 saturated carbocycles. The summed E-state index contributed by atoms with van der Waals surface area (Å²) in [5.41, 5.74) is 5.43. The van der Waals surface area contributed by atoms with Crippen LogP contribution in [0.2, 0.25) is 5.02 Å². The highest BCUT2D eigenvalue weighted by Crippen LogP contribution is 2.37. The average Bonchev–Trinajstić information content (AvgIpc) is 3.07. The highest BCUT2D eigenvalue weighted by molar-refractivity contribution is 7.97. The Morgan fingerprint density at radius 1 is 1.16 bits per heavy atom. The molecule has 2 aliphatic rings. The molecule has 164 valence electrons. The maximum absolute atomic E-state index is 13.3. The van der Waals surface area contributed by atoms with Crippen LogP contribution in [0.4, 0.5) is 11.5 Å². The zero-order valence-electron chi connectivity index (χ0n) is 18.1. The van der Waals surface area contributed by atoms with E-state index in [1.807, 2.05) is 36.1 Å². The Morgan fingerprint density at radius 3 is 2.56 bits per heavy atom. The third-order valence-corrected chi connectivity index (χ3v) is 7.37. The number of halogens is 1. The van der Waals surface area contributed by atoms with E-state index in [9.17, 15) is 4.79 Å². The third-order valence-electron chi connectivity index (χ3n) is 6.40. The number of pyridine rings is 1. The minimum absolute atomic E-state index is 0.0243. The van der Waals surface area contributed by atoms with Crippen LogP contribution in [0.1, 0.15) is 18.1 Å². The van der Waals surface area contributed by atoms with Crippen molar-refractivity contribution in [2.75, 3.05) is 22.9 Å². The molecule has 1 atom stereocenters. The van der Waals surface area contributed by atoms with Crippen LogP contribution in [0, 0.1) is 12.8 Å². The normalized spacial score (nSPS) is 17.9. The standard InChI is InChI=1S/C25H25ClN4OS/c1-15-11-18-12-16(2)30(23(18)28-24(15)32-27)25(31)19-13-29(14-19)20-9-7-17(8-10-20)21-5-3-4-6-22(21)26/h3-11,16,19H,12-14,27H2,1-2H3/t16-/m0/s1. The molecule has 3 aromatic rings. The van der Waals surface area contributed by atoms with Crippen molar-refractivity contribution in [1.29, 1.82) is 0 Å². The van der Waals surface area contributed by atoms with Gasteiger partial charge in [-0.1, -0.05) is 41.9 Å². The van der Waals surface area contributed by atoms with Crippen LogP contribution in [0.5, 0.6) is 0 Å². The molecule has 1 saturated heterocycles. The highest BCUT2D eigenvalue weighted by atomic mass is 35.5. The van der Waals surface area contributed by atoms with Gasteiger partial charge in [0, 0.05) is 35.4 Å². The number of rotatable bonds is 4. The topological polar surface area (TPSA) is 62.5 Å². The van der Waals surface area contributed by atoms with Gasteiger partial charge in [0.1, 0.15) is 10.8 Å². The van der Waals surface area contributed by atoms with Crippen LogP contribution < -0.4 is 14.9 Å². The lowest BCUT2D eigenvalue weighted by molar-refractivity contribution is -0.123. The zero-order valence-corrected chi connectivity index (χ0v) is 19.7. The van der Waals surface area contributed by atoms with E-state index in [1.165, 1.54) is 0 Å². The molecule has 32 heavy (non-hydrogen) atoms. The lowest BCUT2D eigenvalue weighted by atomic mass is 9.96. The minimum Gasteiger partial charge on any atom is -0.370 e. The van der Waals surface area contributed by atoms with Crippen LogP contribution in [0.15, 0.2) is 59.6 Å². The van der Waals surface area contributed by atoms with Gasteiger partial charge in [0.25, 0.3) is 0 Å². The fourth-order valence-corrected chi connectivity index (χ4v) is 5.28. The molecule has 7 heteroatoms. The molecule has 1 amide bonds. The summed E-state index contributed by atoms with van der Waals surface area (Å²) < 4.78 is 0. The Bertz CT molecular complexity index is 1180. The van der Waals surface area contributed by atoms with Crippen molar-refractivity contribution in [1.82, 2.24) is 4.98 Å². The van der Waals surface area contributed by atoms with Crippen molar-refractivity contribution in [3.63, 3.8) is 0 Å². The van der Waals surface area contributed by atoms with Gasteiger partial charge >= 0.3 is 0 Å². The number of amides is 1. The molecule has 5 rings (SSSR count). The molecule has 2 aliphatic heterocycles. The molecule has 5 nitrogen and oxygen atoms in total. The second kappa shape index (κ2) is 8.43. The number of fused-ring (bicyclic) bond motifs is 1. The Hall–Kier alpha value is -2.54. The van der Waals surface area contributed by atoms with Crippen molar-refractivity contribution in [2.24, 2.45) is 11.1 Å². The van der Waals surface area contributed by atoms with Crippen LogP contribution in [0.25, 0.3) is 11.1 Å². The number of carbonyl (C=O) groups excluding carboxylic acids is 1. The Kier molecular flexibility index (Phi) is 5.61. The van der Waals surface area contributed by atoms with Gasteiger partial charge in [-0.25, -0.2) is 4.98 Å². The number of carbonyl (C=O) groups is 1. The van der Waals surface area contributed by atoms with Crippen LogP contribution in [0.3, 0.4) is 0 Å². The Morgan fingerprint density at radius 2 is 1.88 bits per heavy atom. The van der Waals surface area contributed by atoms with Crippen molar-refractivity contribution in [3.8, 4) is 11.1 Å². The Balaban J connectivity index is 1.28. The fourth-order valence-electron chi connectivity index (χ4n) is 4.65. The third kappa shape index (κ3) is 3.66.